The summed E-state index contributed by atoms with van der Waals surface area (Å²) in [5.41, 5.74) is 0. The first kappa shape index (κ1) is 12.4. The molecule has 1 N–H and O–H groups in total. The molecule has 2 heteroatoms. The van der Waals surface area contributed by atoms with Gasteiger partial charge in [0.1, 0.15) is 0 Å². The summed E-state index contributed by atoms with van der Waals surface area (Å²) in [6, 6.07) is 0. The van der Waals surface area contributed by atoms with Crippen LogP contribution in [0.25, 0.3) is 0 Å². The zero-order chi connectivity index (χ0) is 11.1. The molecule has 2 aliphatic rings. The lowest BCUT2D eigenvalue weighted by Crippen LogP contribution is -2.28. The molecule has 0 amide bonds. The van der Waals surface area contributed by atoms with Crippen molar-refractivity contribution in [1.82, 2.24) is 10.2 Å². The Kier molecular flexibility index (Phi) is 5.64. The van der Waals surface area contributed by atoms with Crippen LogP contribution in [-0.4, -0.2) is 37.6 Å². The molecule has 1 saturated carbocycles. The predicted octanol–water partition coefficient (Wildman–Crippen LogP) is 2.64. The van der Waals surface area contributed by atoms with Crippen molar-refractivity contribution in [3.63, 3.8) is 0 Å². The third-order valence-electron chi connectivity index (χ3n) is 4.18. The maximum absolute atomic E-state index is 3.65. The van der Waals surface area contributed by atoms with Gasteiger partial charge in [-0.2, -0.15) is 0 Å². The van der Waals surface area contributed by atoms with Crippen LogP contribution in [0.15, 0.2) is 0 Å². The minimum Gasteiger partial charge on any atom is -0.316 e. The molecular formula is C14H28N2. The van der Waals surface area contributed by atoms with E-state index in [1.807, 2.05) is 0 Å². The van der Waals surface area contributed by atoms with E-state index in [9.17, 15) is 0 Å². The Labute approximate surface area is 101 Å². The second-order valence-corrected chi connectivity index (χ2v) is 5.61. The van der Waals surface area contributed by atoms with E-state index >= 15 is 0 Å². The number of hydrogen-bond acceptors (Lipinski definition) is 2. The summed E-state index contributed by atoms with van der Waals surface area (Å²) in [6.45, 7) is 6.52. The molecule has 16 heavy (non-hydrogen) atoms. The first-order valence-corrected chi connectivity index (χ1v) is 7.38. The fourth-order valence-electron chi connectivity index (χ4n) is 3.13. The molecule has 0 aromatic heterocycles. The second kappa shape index (κ2) is 7.29. The zero-order valence-electron chi connectivity index (χ0n) is 10.7. The smallest absolute Gasteiger partial charge is 0.000664 e. The molecule has 1 heterocycles. The van der Waals surface area contributed by atoms with Crippen molar-refractivity contribution >= 4 is 0 Å². The van der Waals surface area contributed by atoms with Crippen LogP contribution in [-0.2, 0) is 0 Å². The Bertz CT molecular complexity index is 170. The highest BCUT2D eigenvalue weighted by Crippen LogP contribution is 2.22. The molecular weight excluding hydrogens is 196 g/mol. The van der Waals surface area contributed by atoms with Gasteiger partial charge in [0.25, 0.3) is 0 Å². The standard InChI is InChI=1S/C14H28N2/c1-2-7-14(8-3-1)13-15-9-6-12-16-10-4-5-11-16/h14-15H,1-13H2. The average molecular weight is 224 g/mol. The van der Waals surface area contributed by atoms with Crippen molar-refractivity contribution < 1.29 is 0 Å². The summed E-state index contributed by atoms with van der Waals surface area (Å²) in [6.07, 6.45) is 11.6. The summed E-state index contributed by atoms with van der Waals surface area (Å²) in [7, 11) is 0. The summed E-state index contributed by atoms with van der Waals surface area (Å²) in [4.78, 5) is 2.61. The van der Waals surface area contributed by atoms with E-state index < -0.39 is 0 Å². The van der Waals surface area contributed by atoms with Gasteiger partial charge in [-0.15, -0.1) is 0 Å². The largest absolute Gasteiger partial charge is 0.316 e. The van der Waals surface area contributed by atoms with Crippen molar-refractivity contribution in [2.45, 2.75) is 51.4 Å². The van der Waals surface area contributed by atoms with Crippen LogP contribution >= 0.6 is 0 Å². The zero-order valence-corrected chi connectivity index (χ0v) is 10.7. The van der Waals surface area contributed by atoms with Crippen molar-refractivity contribution in [2.24, 2.45) is 5.92 Å². The number of likely N-dealkylation sites (tertiary alicyclic amines) is 1. The third kappa shape index (κ3) is 4.42. The summed E-state index contributed by atoms with van der Waals surface area (Å²) < 4.78 is 0. The van der Waals surface area contributed by atoms with Crippen molar-refractivity contribution in [2.75, 3.05) is 32.7 Å². The Hall–Kier alpha value is -0.0800. The van der Waals surface area contributed by atoms with Crippen LogP contribution in [0.3, 0.4) is 0 Å². The highest BCUT2D eigenvalue weighted by atomic mass is 15.1. The van der Waals surface area contributed by atoms with E-state index in [0.717, 1.165) is 5.92 Å². The van der Waals surface area contributed by atoms with Gasteiger partial charge in [0.2, 0.25) is 0 Å². The Morgan fingerprint density at radius 1 is 0.938 bits per heavy atom. The Balaban J connectivity index is 1.42. The molecule has 0 spiro atoms. The molecule has 0 radical (unpaired) electrons. The minimum atomic E-state index is 0.987. The lowest BCUT2D eigenvalue weighted by molar-refractivity contribution is 0.317. The van der Waals surface area contributed by atoms with Crippen LogP contribution in [0.5, 0.6) is 0 Å². The van der Waals surface area contributed by atoms with Gasteiger partial charge in [0.15, 0.2) is 0 Å². The molecule has 1 saturated heterocycles. The van der Waals surface area contributed by atoms with Gasteiger partial charge < -0.3 is 10.2 Å². The normalized spacial score (nSPS) is 24.0. The molecule has 2 nitrogen and oxygen atoms in total. The van der Waals surface area contributed by atoms with Gasteiger partial charge in [-0.3, -0.25) is 0 Å². The van der Waals surface area contributed by atoms with E-state index in [1.165, 1.54) is 84.1 Å². The molecule has 2 rings (SSSR count). The van der Waals surface area contributed by atoms with E-state index in [1.54, 1.807) is 0 Å². The van der Waals surface area contributed by atoms with Gasteiger partial charge in [0, 0.05) is 0 Å². The molecule has 1 aliphatic heterocycles. The maximum atomic E-state index is 3.65. The fraction of sp³-hybridized carbons (Fsp3) is 1.00. The van der Waals surface area contributed by atoms with Crippen LogP contribution in [0.1, 0.15) is 51.4 Å². The highest BCUT2D eigenvalue weighted by molar-refractivity contribution is 4.69. The average Bonchev–Trinajstić information content (AvgIpc) is 2.83. The van der Waals surface area contributed by atoms with Gasteiger partial charge in [-0.25, -0.2) is 0 Å². The van der Waals surface area contributed by atoms with Gasteiger partial charge in [0.05, 0.1) is 0 Å². The quantitative estimate of drug-likeness (QED) is 0.698. The summed E-state index contributed by atoms with van der Waals surface area (Å²) in [5.74, 6) is 0.987. The third-order valence-corrected chi connectivity index (χ3v) is 4.18. The molecule has 2 fully saturated rings. The van der Waals surface area contributed by atoms with Crippen molar-refractivity contribution in [3.05, 3.63) is 0 Å². The lowest BCUT2D eigenvalue weighted by Gasteiger charge is -2.22. The van der Waals surface area contributed by atoms with E-state index in [2.05, 4.69) is 10.2 Å². The topological polar surface area (TPSA) is 15.3 Å². The number of nitrogens with one attached hydrogen (secondary N) is 1. The maximum Gasteiger partial charge on any atom is -0.000664 e. The number of hydrogen-bond donors (Lipinski definition) is 1. The monoisotopic (exact) mass is 224 g/mol. The summed E-state index contributed by atoms with van der Waals surface area (Å²) in [5, 5.41) is 3.65. The van der Waals surface area contributed by atoms with Crippen LogP contribution in [0.4, 0.5) is 0 Å². The molecule has 94 valence electrons. The van der Waals surface area contributed by atoms with Crippen LogP contribution < -0.4 is 5.32 Å². The first-order valence-electron chi connectivity index (χ1n) is 7.38. The highest BCUT2D eigenvalue weighted by Gasteiger charge is 2.13. The van der Waals surface area contributed by atoms with E-state index in [4.69, 9.17) is 0 Å². The SMILES string of the molecule is C1CCC(CNCCCN2CCCC2)CC1. The molecule has 0 aromatic rings. The second-order valence-electron chi connectivity index (χ2n) is 5.61. The lowest BCUT2D eigenvalue weighted by atomic mass is 9.89. The van der Waals surface area contributed by atoms with Gasteiger partial charge >= 0.3 is 0 Å². The summed E-state index contributed by atoms with van der Waals surface area (Å²) >= 11 is 0. The fourth-order valence-corrected chi connectivity index (χ4v) is 3.13. The van der Waals surface area contributed by atoms with Gasteiger partial charge in [-0.05, 0) is 70.7 Å². The molecule has 0 atom stereocenters. The van der Waals surface area contributed by atoms with Crippen LogP contribution in [0, 0.1) is 5.92 Å². The van der Waals surface area contributed by atoms with Crippen molar-refractivity contribution in [3.8, 4) is 0 Å². The molecule has 0 unspecified atom stereocenters. The molecule has 0 bridgehead atoms. The molecule has 1 aliphatic carbocycles. The van der Waals surface area contributed by atoms with Gasteiger partial charge in [-0.1, -0.05) is 19.3 Å². The predicted molar refractivity (Wildman–Crippen MR) is 69.7 cm³/mol. The van der Waals surface area contributed by atoms with Crippen molar-refractivity contribution in [1.29, 1.82) is 0 Å². The first-order chi connectivity index (χ1) is 7.95. The molecule has 0 aromatic carbocycles. The number of nitrogens with zero attached hydrogens (tertiary/aromatic N) is 1. The van der Waals surface area contributed by atoms with E-state index in [0.29, 0.717) is 0 Å². The minimum absolute atomic E-state index is 0.987. The Morgan fingerprint density at radius 2 is 1.69 bits per heavy atom. The van der Waals surface area contributed by atoms with Crippen LogP contribution in [0.2, 0.25) is 0 Å². The van der Waals surface area contributed by atoms with E-state index in [-0.39, 0.29) is 0 Å². The Morgan fingerprint density at radius 3 is 2.44 bits per heavy atom. The number of rotatable bonds is 6.